The lowest BCUT2D eigenvalue weighted by molar-refractivity contribution is -0.146. The summed E-state index contributed by atoms with van der Waals surface area (Å²) in [5, 5.41) is 0. The van der Waals surface area contributed by atoms with Gasteiger partial charge in [-0.2, -0.15) is 4.31 Å². The Morgan fingerprint density at radius 2 is 2.00 bits per heavy atom. The van der Waals surface area contributed by atoms with Gasteiger partial charge in [-0.3, -0.25) is 4.79 Å². The van der Waals surface area contributed by atoms with Gasteiger partial charge in [-0.1, -0.05) is 0 Å². The van der Waals surface area contributed by atoms with Gasteiger partial charge in [0, 0.05) is 6.54 Å². The van der Waals surface area contributed by atoms with E-state index in [1.54, 1.807) is 0 Å². The zero-order valence-electron chi connectivity index (χ0n) is 10.1. The molecule has 98 valence electrons. The molecule has 1 aliphatic carbocycles. The second-order valence-electron chi connectivity index (χ2n) is 4.87. The van der Waals surface area contributed by atoms with Crippen molar-refractivity contribution in [3.63, 3.8) is 0 Å². The van der Waals surface area contributed by atoms with E-state index in [9.17, 15) is 13.2 Å². The van der Waals surface area contributed by atoms with E-state index in [0.29, 0.717) is 18.9 Å². The first-order valence-electron chi connectivity index (χ1n) is 6.12. The topological polar surface area (TPSA) is 63.7 Å². The van der Waals surface area contributed by atoms with E-state index in [1.807, 2.05) is 0 Å². The molecule has 0 aromatic rings. The standard InChI is InChI=1S/C11H19NO4S/c1-16-11(13)10-4-2-3-7-12(10)17(14,15)8-9-5-6-9/h9-10H,2-8H2,1H3. The molecule has 1 saturated heterocycles. The van der Waals surface area contributed by atoms with E-state index in [2.05, 4.69) is 0 Å². The highest BCUT2D eigenvalue weighted by Gasteiger charge is 2.40. The third-order valence-corrected chi connectivity index (χ3v) is 5.47. The van der Waals surface area contributed by atoms with Crippen LogP contribution < -0.4 is 0 Å². The van der Waals surface area contributed by atoms with Crippen LogP contribution in [-0.4, -0.2) is 44.1 Å². The molecular weight excluding hydrogens is 242 g/mol. The molecule has 0 N–H and O–H groups in total. The van der Waals surface area contributed by atoms with E-state index in [4.69, 9.17) is 4.74 Å². The third-order valence-electron chi connectivity index (χ3n) is 3.43. The summed E-state index contributed by atoms with van der Waals surface area (Å²) in [6, 6.07) is -0.600. The summed E-state index contributed by atoms with van der Waals surface area (Å²) in [7, 11) is -1.98. The first-order valence-corrected chi connectivity index (χ1v) is 7.73. The van der Waals surface area contributed by atoms with Crippen LogP contribution in [0.1, 0.15) is 32.1 Å². The van der Waals surface area contributed by atoms with Crippen LogP contribution in [0.25, 0.3) is 0 Å². The average molecular weight is 261 g/mol. The van der Waals surface area contributed by atoms with Gasteiger partial charge in [0.25, 0.3) is 0 Å². The van der Waals surface area contributed by atoms with E-state index in [1.165, 1.54) is 11.4 Å². The second kappa shape index (κ2) is 4.94. The summed E-state index contributed by atoms with van der Waals surface area (Å²) >= 11 is 0. The summed E-state index contributed by atoms with van der Waals surface area (Å²) < 4.78 is 30.4. The monoisotopic (exact) mass is 261 g/mol. The molecule has 2 fully saturated rings. The third kappa shape index (κ3) is 2.98. The van der Waals surface area contributed by atoms with Crippen molar-refractivity contribution in [2.45, 2.75) is 38.1 Å². The zero-order valence-corrected chi connectivity index (χ0v) is 10.9. The highest BCUT2D eigenvalue weighted by Crippen LogP contribution is 2.32. The normalized spacial score (nSPS) is 26.8. The minimum absolute atomic E-state index is 0.195. The quantitative estimate of drug-likeness (QED) is 0.701. The number of sulfonamides is 1. The Bertz CT molecular complexity index is 388. The molecule has 1 heterocycles. The number of esters is 1. The summed E-state index contributed by atoms with van der Waals surface area (Å²) in [6.07, 6.45) is 4.29. The lowest BCUT2D eigenvalue weighted by atomic mass is 10.1. The van der Waals surface area contributed by atoms with Crippen molar-refractivity contribution < 1.29 is 17.9 Å². The second-order valence-corrected chi connectivity index (χ2v) is 6.83. The van der Waals surface area contributed by atoms with Crippen LogP contribution in [0.4, 0.5) is 0 Å². The highest BCUT2D eigenvalue weighted by molar-refractivity contribution is 7.89. The lowest BCUT2D eigenvalue weighted by Gasteiger charge is -2.32. The van der Waals surface area contributed by atoms with E-state index in [0.717, 1.165) is 25.7 Å². The number of carbonyl (C=O) groups is 1. The van der Waals surface area contributed by atoms with Crippen LogP contribution in [0.5, 0.6) is 0 Å². The largest absolute Gasteiger partial charge is 0.468 e. The van der Waals surface area contributed by atoms with Crippen LogP contribution >= 0.6 is 0 Å². The van der Waals surface area contributed by atoms with Crippen molar-refractivity contribution in [1.29, 1.82) is 0 Å². The molecule has 0 bridgehead atoms. The van der Waals surface area contributed by atoms with E-state index >= 15 is 0 Å². The number of rotatable bonds is 4. The molecular formula is C11H19NO4S. The van der Waals surface area contributed by atoms with Gasteiger partial charge in [-0.25, -0.2) is 8.42 Å². The maximum atomic E-state index is 12.2. The van der Waals surface area contributed by atoms with E-state index < -0.39 is 22.0 Å². The maximum Gasteiger partial charge on any atom is 0.324 e. The molecule has 1 saturated carbocycles. The molecule has 5 nitrogen and oxygen atoms in total. The maximum absolute atomic E-state index is 12.2. The van der Waals surface area contributed by atoms with Crippen LogP contribution in [0.2, 0.25) is 0 Å². The first-order chi connectivity index (χ1) is 8.04. The number of methoxy groups -OCH3 is 1. The molecule has 0 aromatic heterocycles. The summed E-state index contributed by atoms with van der Waals surface area (Å²) in [5.74, 6) is 0.0739. The molecule has 0 radical (unpaired) electrons. The van der Waals surface area contributed by atoms with Gasteiger partial charge in [0.2, 0.25) is 10.0 Å². The predicted octanol–water partition coefficient (Wildman–Crippen LogP) is 0.754. The van der Waals surface area contributed by atoms with E-state index in [-0.39, 0.29) is 5.75 Å². The van der Waals surface area contributed by atoms with Crippen molar-refractivity contribution in [2.24, 2.45) is 5.92 Å². The molecule has 0 aromatic carbocycles. The van der Waals surface area contributed by atoms with Crippen molar-refractivity contribution in [3.05, 3.63) is 0 Å². The van der Waals surface area contributed by atoms with Gasteiger partial charge >= 0.3 is 5.97 Å². The molecule has 2 rings (SSSR count). The van der Waals surface area contributed by atoms with Gasteiger partial charge in [-0.15, -0.1) is 0 Å². The highest BCUT2D eigenvalue weighted by atomic mass is 32.2. The molecule has 1 aliphatic heterocycles. The van der Waals surface area contributed by atoms with Crippen LogP contribution in [0.15, 0.2) is 0 Å². The van der Waals surface area contributed by atoms with Gasteiger partial charge in [0.15, 0.2) is 0 Å². The molecule has 0 spiro atoms. The minimum Gasteiger partial charge on any atom is -0.468 e. The summed E-state index contributed by atoms with van der Waals surface area (Å²) in [6.45, 7) is 0.453. The van der Waals surface area contributed by atoms with Gasteiger partial charge in [-0.05, 0) is 38.0 Å². The van der Waals surface area contributed by atoms with Crippen LogP contribution in [-0.2, 0) is 19.6 Å². The Labute approximate surface area is 102 Å². The Balaban J connectivity index is 2.11. The molecule has 0 amide bonds. The molecule has 6 heteroatoms. The van der Waals surface area contributed by atoms with Crippen LogP contribution in [0, 0.1) is 5.92 Å². The summed E-state index contributed by atoms with van der Waals surface area (Å²) in [5.41, 5.74) is 0. The molecule has 1 atom stereocenters. The summed E-state index contributed by atoms with van der Waals surface area (Å²) in [4.78, 5) is 11.6. The molecule has 1 unspecified atom stereocenters. The van der Waals surface area contributed by atoms with Crippen LogP contribution in [0.3, 0.4) is 0 Å². The van der Waals surface area contributed by atoms with Gasteiger partial charge in [0.05, 0.1) is 12.9 Å². The number of piperidine rings is 1. The van der Waals surface area contributed by atoms with Crippen molar-refractivity contribution in [1.82, 2.24) is 4.31 Å². The lowest BCUT2D eigenvalue weighted by Crippen LogP contribution is -2.49. The Hall–Kier alpha value is -0.620. The minimum atomic E-state index is -3.29. The fourth-order valence-electron chi connectivity index (χ4n) is 2.29. The van der Waals surface area contributed by atoms with Crippen molar-refractivity contribution >= 4 is 16.0 Å². The fourth-order valence-corrected chi connectivity index (χ4v) is 4.39. The Morgan fingerprint density at radius 3 is 2.59 bits per heavy atom. The number of hydrogen-bond donors (Lipinski definition) is 0. The number of carbonyl (C=O) groups excluding carboxylic acids is 1. The number of hydrogen-bond acceptors (Lipinski definition) is 4. The molecule has 17 heavy (non-hydrogen) atoms. The van der Waals surface area contributed by atoms with Crippen molar-refractivity contribution in [2.75, 3.05) is 19.4 Å². The number of ether oxygens (including phenoxy) is 1. The predicted molar refractivity (Wildman–Crippen MR) is 62.9 cm³/mol. The SMILES string of the molecule is COC(=O)C1CCCCN1S(=O)(=O)CC1CC1. The number of nitrogens with zero attached hydrogens (tertiary/aromatic N) is 1. The molecule has 2 aliphatic rings. The van der Waals surface area contributed by atoms with Crippen molar-refractivity contribution in [3.8, 4) is 0 Å². The first kappa shape index (κ1) is 12.8. The Kier molecular flexibility index (Phi) is 3.73. The smallest absolute Gasteiger partial charge is 0.324 e. The van der Waals surface area contributed by atoms with Gasteiger partial charge in [0.1, 0.15) is 6.04 Å². The average Bonchev–Trinajstić information content (AvgIpc) is 3.11. The zero-order chi connectivity index (χ0) is 12.5. The Morgan fingerprint density at radius 1 is 1.29 bits per heavy atom. The van der Waals surface area contributed by atoms with Gasteiger partial charge < -0.3 is 4.74 Å². The fraction of sp³-hybridized carbons (Fsp3) is 0.909.